The van der Waals surface area contributed by atoms with E-state index >= 15 is 0 Å². The summed E-state index contributed by atoms with van der Waals surface area (Å²) in [6.45, 7) is 9.18. The molecule has 0 saturated carbocycles. The third-order valence-electron chi connectivity index (χ3n) is 5.30. The highest BCUT2D eigenvalue weighted by Gasteiger charge is 2.23. The number of benzene rings is 2. The van der Waals surface area contributed by atoms with Crippen LogP contribution in [0.5, 0.6) is 0 Å². The molecule has 4 unspecified atom stereocenters. The average molecular weight is 339 g/mol. The molecule has 0 radical (unpaired) electrons. The molecule has 2 aromatic rings. The lowest BCUT2D eigenvalue weighted by Crippen LogP contribution is -2.15. The van der Waals surface area contributed by atoms with Gasteiger partial charge in [0.1, 0.15) is 0 Å². The molecule has 4 atom stereocenters. The van der Waals surface area contributed by atoms with Gasteiger partial charge in [0, 0.05) is 0 Å². The molecule has 0 aliphatic heterocycles. The molecule has 0 amide bonds. The van der Waals surface area contributed by atoms with Crippen molar-refractivity contribution in [2.75, 3.05) is 0 Å². The van der Waals surface area contributed by atoms with Crippen molar-refractivity contribution in [2.45, 2.75) is 65.6 Å². The summed E-state index contributed by atoms with van der Waals surface area (Å²) in [5.41, 5.74) is 2.60. The Labute approximate surface area is 154 Å². The highest BCUT2D eigenvalue weighted by atomic mass is 16.5. The van der Waals surface area contributed by atoms with E-state index in [2.05, 4.69) is 88.4 Å². The second-order valence-corrected chi connectivity index (χ2v) is 7.43. The van der Waals surface area contributed by atoms with Gasteiger partial charge in [0.25, 0.3) is 0 Å². The lowest BCUT2D eigenvalue weighted by molar-refractivity contribution is -0.0375. The minimum Gasteiger partial charge on any atom is -0.366 e. The summed E-state index contributed by atoms with van der Waals surface area (Å²) in [7, 11) is 0. The fraction of sp³-hybridized carbons (Fsp3) is 0.500. The second-order valence-electron chi connectivity index (χ2n) is 7.43. The molecule has 0 aliphatic rings. The maximum atomic E-state index is 6.77. The molecular weight excluding hydrogens is 304 g/mol. The summed E-state index contributed by atoms with van der Waals surface area (Å²) in [6.07, 6.45) is 4.84. The van der Waals surface area contributed by atoms with Gasteiger partial charge >= 0.3 is 0 Å². The monoisotopic (exact) mass is 338 g/mol. The Balaban J connectivity index is 2.24. The van der Waals surface area contributed by atoms with Crippen LogP contribution in [0, 0.1) is 11.8 Å². The van der Waals surface area contributed by atoms with Crippen LogP contribution < -0.4 is 0 Å². The van der Waals surface area contributed by atoms with Crippen LogP contribution in [0.2, 0.25) is 0 Å². The van der Waals surface area contributed by atoms with Crippen molar-refractivity contribution < 1.29 is 4.74 Å². The van der Waals surface area contributed by atoms with Crippen LogP contribution in [0.1, 0.15) is 76.7 Å². The molecule has 0 bridgehead atoms. The van der Waals surface area contributed by atoms with E-state index in [9.17, 15) is 0 Å². The second kappa shape index (κ2) is 10.4. The SMILES string of the molecule is CCC(C)CC(OC(CC(C)CC)c1ccccc1)c1ccccc1. The van der Waals surface area contributed by atoms with Gasteiger partial charge in [-0.1, -0.05) is 101 Å². The molecule has 136 valence electrons. The van der Waals surface area contributed by atoms with Gasteiger partial charge < -0.3 is 4.74 Å². The summed E-state index contributed by atoms with van der Waals surface area (Å²) in [6, 6.07) is 21.5. The first kappa shape index (κ1) is 19.7. The molecular formula is C24H34O. The average Bonchev–Trinajstić information content (AvgIpc) is 2.67. The third-order valence-corrected chi connectivity index (χ3v) is 5.30. The summed E-state index contributed by atoms with van der Waals surface area (Å²) in [5, 5.41) is 0. The Morgan fingerprint density at radius 2 is 1.00 bits per heavy atom. The molecule has 0 N–H and O–H groups in total. The van der Waals surface area contributed by atoms with Crippen LogP contribution in [0.15, 0.2) is 60.7 Å². The van der Waals surface area contributed by atoms with E-state index in [4.69, 9.17) is 4.74 Å². The summed E-state index contributed by atoms with van der Waals surface area (Å²) in [4.78, 5) is 0. The van der Waals surface area contributed by atoms with Crippen molar-refractivity contribution in [2.24, 2.45) is 11.8 Å². The smallest absolute Gasteiger partial charge is 0.0835 e. The van der Waals surface area contributed by atoms with E-state index in [0.29, 0.717) is 11.8 Å². The third kappa shape index (κ3) is 6.32. The molecule has 0 spiro atoms. The van der Waals surface area contributed by atoms with Crippen molar-refractivity contribution in [1.29, 1.82) is 0 Å². The quantitative estimate of drug-likeness (QED) is 0.440. The zero-order valence-electron chi connectivity index (χ0n) is 16.3. The molecule has 0 aromatic heterocycles. The minimum absolute atomic E-state index is 0.158. The first-order valence-corrected chi connectivity index (χ1v) is 9.89. The Hall–Kier alpha value is -1.60. The van der Waals surface area contributed by atoms with Crippen molar-refractivity contribution >= 4 is 0 Å². The van der Waals surface area contributed by atoms with E-state index < -0.39 is 0 Å². The van der Waals surface area contributed by atoms with Gasteiger partial charge in [0.05, 0.1) is 12.2 Å². The van der Waals surface area contributed by atoms with Crippen LogP contribution >= 0.6 is 0 Å². The maximum absolute atomic E-state index is 6.77. The largest absolute Gasteiger partial charge is 0.366 e. The molecule has 2 aromatic carbocycles. The fourth-order valence-electron chi connectivity index (χ4n) is 3.14. The van der Waals surface area contributed by atoms with E-state index in [0.717, 1.165) is 12.8 Å². The van der Waals surface area contributed by atoms with Gasteiger partial charge in [0.15, 0.2) is 0 Å². The predicted molar refractivity (Wildman–Crippen MR) is 108 cm³/mol. The van der Waals surface area contributed by atoms with Crippen molar-refractivity contribution in [3.8, 4) is 0 Å². The molecule has 25 heavy (non-hydrogen) atoms. The standard InChI is InChI=1S/C24H34O/c1-5-19(3)17-23(21-13-9-7-10-14-21)25-24(18-20(4)6-2)22-15-11-8-12-16-22/h7-16,19-20,23-24H,5-6,17-18H2,1-4H3. The zero-order chi connectivity index (χ0) is 18.1. The summed E-state index contributed by atoms with van der Waals surface area (Å²) >= 11 is 0. The van der Waals surface area contributed by atoms with Crippen LogP contribution in [0.25, 0.3) is 0 Å². The van der Waals surface area contributed by atoms with Crippen LogP contribution in [0.3, 0.4) is 0 Å². The van der Waals surface area contributed by atoms with E-state index in [1.807, 2.05) is 0 Å². The van der Waals surface area contributed by atoms with Crippen LogP contribution in [-0.4, -0.2) is 0 Å². The predicted octanol–water partition coefficient (Wildman–Crippen LogP) is 7.36. The summed E-state index contributed by atoms with van der Waals surface area (Å²) < 4.78 is 6.77. The maximum Gasteiger partial charge on any atom is 0.0835 e. The van der Waals surface area contributed by atoms with Gasteiger partial charge in [0.2, 0.25) is 0 Å². The van der Waals surface area contributed by atoms with E-state index in [-0.39, 0.29) is 12.2 Å². The topological polar surface area (TPSA) is 9.23 Å². The molecule has 1 heteroatoms. The van der Waals surface area contributed by atoms with Crippen LogP contribution in [-0.2, 0) is 4.74 Å². The van der Waals surface area contributed by atoms with E-state index in [1.54, 1.807) is 0 Å². The first-order chi connectivity index (χ1) is 12.1. The Bertz CT molecular complexity index is 524. The van der Waals surface area contributed by atoms with Crippen LogP contribution in [0.4, 0.5) is 0 Å². The zero-order valence-corrected chi connectivity index (χ0v) is 16.3. The highest BCUT2D eigenvalue weighted by Crippen LogP contribution is 2.35. The number of hydrogen-bond donors (Lipinski definition) is 0. The number of ether oxygens (including phenoxy) is 1. The van der Waals surface area contributed by atoms with Gasteiger partial charge in [-0.3, -0.25) is 0 Å². The molecule has 0 saturated heterocycles. The molecule has 0 aliphatic carbocycles. The van der Waals surface area contributed by atoms with Crippen molar-refractivity contribution in [1.82, 2.24) is 0 Å². The summed E-state index contributed by atoms with van der Waals surface area (Å²) in [5.74, 6) is 1.32. The molecule has 0 heterocycles. The lowest BCUT2D eigenvalue weighted by Gasteiger charge is -2.29. The van der Waals surface area contributed by atoms with E-state index in [1.165, 1.54) is 24.0 Å². The van der Waals surface area contributed by atoms with Gasteiger partial charge in [-0.15, -0.1) is 0 Å². The molecule has 1 nitrogen and oxygen atoms in total. The Morgan fingerprint density at radius 3 is 1.32 bits per heavy atom. The fourth-order valence-corrected chi connectivity index (χ4v) is 3.14. The normalized spacial score (nSPS) is 16.2. The lowest BCUT2D eigenvalue weighted by atomic mass is 9.93. The Morgan fingerprint density at radius 1 is 0.640 bits per heavy atom. The Kier molecular flexibility index (Phi) is 8.21. The molecule has 2 rings (SSSR count). The molecule has 0 fully saturated rings. The highest BCUT2D eigenvalue weighted by molar-refractivity contribution is 5.20. The first-order valence-electron chi connectivity index (χ1n) is 9.89. The van der Waals surface area contributed by atoms with Crippen molar-refractivity contribution in [3.63, 3.8) is 0 Å². The van der Waals surface area contributed by atoms with Gasteiger partial charge in [-0.25, -0.2) is 0 Å². The minimum atomic E-state index is 0.158. The van der Waals surface area contributed by atoms with Gasteiger partial charge in [-0.2, -0.15) is 0 Å². The number of rotatable bonds is 10. The number of hydrogen-bond acceptors (Lipinski definition) is 1. The van der Waals surface area contributed by atoms with Crippen molar-refractivity contribution in [3.05, 3.63) is 71.8 Å². The van der Waals surface area contributed by atoms with Gasteiger partial charge in [-0.05, 0) is 35.8 Å².